The molecule has 0 unspecified atom stereocenters. The van der Waals surface area contributed by atoms with Crippen molar-refractivity contribution >= 4 is 5.82 Å². The normalized spacial score (nSPS) is 10.6. The SMILES string of the molecule is CCCCCCNc1cc(OCCOC)nc(CCC)n1. The van der Waals surface area contributed by atoms with Crippen LogP contribution in [0.25, 0.3) is 0 Å². The average molecular weight is 295 g/mol. The number of aromatic nitrogens is 2. The highest BCUT2D eigenvalue weighted by Gasteiger charge is 2.05. The summed E-state index contributed by atoms with van der Waals surface area (Å²) in [6.45, 7) is 6.36. The van der Waals surface area contributed by atoms with Crippen LogP contribution in [0, 0.1) is 0 Å². The van der Waals surface area contributed by atoms with E-state index in [1.54, 1.807) is 7.11 Å². The van der Waals surface area contributed by atoms with Crippen LogP contribution in [0.15, 0.2) is 6.07 Å². The molecule has 1 aromatic heterocycles. The Balaban J connectivity index is 2.54. The molecule has 1 rings (SSSR count). The first-order valence-corrected chi connectivity index (χ1v) is 8.03. The number of nitrogens with zero attached hydrogens (tertiary/aromatic N) is 2. The third-order valence-electron chi connectivity index (χ3n) is 3.10. The second kappa shape index (κ2) is 11.3. The smallest absolute Gasteiger partial charge is 0.218 e. The molecule has 21 heavy (non-hydrogen) atoms. The van der Waals surface area contributed by atoms with E-state index < -0.39 is 0 Å². The van der Waals surface area contributed by atoms with Crippen LogP contribution in [0.1, 0.15) is 51.8 Å². The topological polar surface area (TPSA) is 56.3 Å². The van der Waals surface area contributed by atoms with Crippen molar-refractivity contribution in [1.29, 1.82) is 0 Å². The zero-order chi connectivity index (χ0) is 15.3. The molecule has 0 aromatic carbocycles. The zero-order valence-electron chi connectivity index (χ0n) is 13.7. The second-order valence-corrected chi connectivity index (χ2v) is 5.09. The van der Waals surface area contributed by atoms with E-state index >= 15 is 0 Å². The van der Waals surface area contributed by atoms with Crippen molar-refractivity contribution in [3.63, 3.8) is 0 Å². The third kappa shape index (κ3) is 7.85. The van der Waals surface area contributed by atoms with Crippen LogP contribution in [0.5, 0.6) is 5.88 Å². The molecule has 0 fully saturated rings. The molecular weight excluding hydrogens is 266 g/mol. The number of nitrogens with one attached hydrogen (secondary N) is 1. The Labute approximate surface area is 128 Å². The van der Waals surface area contributed by atoms with Crippen LogP contribution in [0.4, 0.5) is 5.82 Å². The number of aryl methyl sites for hydroxylation is 1. The molecule has 1 N–H and O–H groups in total. The maximum atomic E-state index is 5.60. The van der Waals surface area contributed by atoms with E-state index in [0.29, 0.717) is 19.1 Å². The van der Waals surface area contributed by atoms with Crippen molar-refractivity contribution in [2.45, 2.75) is 52.4 Å². The van der Waals surface area contributed by atoms with Gasteiger partial charge in [0.15, 0.2) is 0 Å². The molecule has 0 aliphatic carbocycles. The minimum atomic E-state index is 0.509. The minimum Gasteiger partial charge on any atom is -0.475 e. The maximum Gasteiger partial charge on any atom is 0.218 e. The lowest BCUT2D eigenvalue weighted by Crippen LogP contribution is -2.10. The second-order valence-electron chi connectivity index (χ2n) is 5.09. The molecular formula is C16H29N3O2. The summed E-state index contributed by atoms with van der Waals surface area (Å²) < 4.78 is 10.6. The fourth-order valence-electron chi connectivity index (χ4n) is 1.97. The summed E-state index contributed by atoms with van der Waals surface area (Å²) in [5, 5.41) is 3.37. The van der Waals surface area contributed by atoms with Crippen molar-refractivity contribution in [2.75, 3.05) is 32.2 Å². The van der Waals surface area contributed by atoms with Gasteiger partial charge in [-0.3, -0.25) is 0 Å². The van der Waals surface area contributed by atoms with Gasteiger partial charge in [0.1, 0.15) is 18.2 Å². The highest BCUT2D eigenvalue weighted by molar-refractivity contribution is 5.38. The molecule has 0 bridgehead atoms. The Morgan fingerprint density at radius 2 is 1.90 bits per heavy atom. The Morgan fingerprint density at radius 3 is 2.62 bits per heavy atom. The van der Waals surface area contributed by atoms with Gasteiger partial charge >= 0.3 is 0 Å². The molecule has 120 valence electrons. The lowest BCUT2D eigenvalue weighted by molar-refractivity contribution is 0.143. The summed E-state index contributed by atoms with van der Waals surface area (Å²) in [5.41, 5.74) is 0. The standard InChI is InChI=1S/C16H29N3O2/c1-4-6-7-8-10-17-15-13-16(21-12-11-20-3)19-14(18-15)9-5-2/h13H,4-12H2,1-3H3,(H,17,18,19). The van der Waals surface area contributed by atoms with E-state index in [1.807, 2.05) is 6.07 Å². The lowest BCUT2D eigenvalue weighted by Gasteiger charge is -2.10. The lowest BCUT2D eigenvalue weighted by atomic mass is 10.2. The highest BCUT2D eigenvalue weighted by atomic mass is 16.5. The van der Waals surface area contributed by atoms with Gasteiger partial charge in [-0.2, -0.15) is 4.98 Å². The summed E-state index contributed by atoms with van der Waals surface area (Å²) in [4.78, 5) is 8.96. The van der Waals surface area contributed by atoms with E-state index in [1.165, 1.54) is 25.7 Å². The van der Waals surface area contributed by atoms with Gasteiger partial charge < -0.3 is 14.8 Å². The first-order valence-electron chi connectivity index (χ1n) is 8.03. The molecule has 0 aliphatic rings. The van der Waals surface area contributed by atoms with Crippen LogP contribution in [0.2, 0.25) is 0 Å². The molecule has 0 spiro atoms. The van der Waals surface area contributed by atoms with Gasteiger partial charge in [-0.1, -0.05) is 33.1 Å². The van der Waals surface area contributed by atoms with Gasteiger partial charge in [0.05, 0.1) is 6.61 Å². The van der Waals surface area contributed by atoms with Gasteiger partial charge in [0.2, 0.25) is 5.88 Å². The maximum absolute atomic E-state index is 5.60. The van der Waals surface area contributed by atoms with Crippen LogP contribution in [-0.4, -0.2) is 36.8 Å². The Morgan fingerprint density at radius 1 is 1.05 bits per heavy atom. The van der Waals surface area contributed by atoms with Crippen molar-refractivity contribution in [2.24, 2.45) is 0 Å². The molecule has 1 aromatic rings. The van der Waals surface area contributed by atoms with Crippen molar-refractivity contribution in [3.8, 4) is 5.88 Å². The fraction of sp³-hybridized carbons (Fsp3) is 0.750. The number of unbranched alkanes of at least 4 members (excludes halogenated alkanes) is 3. The molecule has 0 saturated heterocycles. The molecule has 0 atom stereocenters. The average Bonchev–Trinajstić information content (AvgIpc) is 2.48. The third-order valence-corrected chi connectivity index (χ3v) is 3.10. The van der Waals surface area contributed by atoms with E-state index in [-0.39, 0.29) is 0 Å². The number of methoxy groups -OCH3 is 1. The number of hydrogen-bond acceptors (Lipinski definition) is 5. The van der Waals surface area contributed by atoms with Crippen molar-refractivity contribution in [1.82, 2.24) is 9.97 Å². The monoisotopic (exact) mass is 295 g/mol. The summed E-state index contributed by atoms with van der Waals surface area (Å²) in [6.07, 6.45) is 6.86. The number of hydrogen-bond donors (Lipinski definition) is 1. The number of rotatable bonds is 12. The van der Waals surface area contributed by atoms with Gasteiger partial charge in [0.25, 0.3) is 0 Å². The summed E-state index contributed by atoms with van der Waals surface area (Å²) in [7, 11) is 1.66. The van der Waals surface area contributed by atoms with Crippen molar-refractivity contribution < 1.29 is 9.47 Å². The van der Waals surface area contributed by atoms with Gasteiger partial charge in [0, 0.05) is 26.1 Å². The van der Waals surface area contributed by atoms with Crippen molar-refractivity contribution in [3.05, 3.63) is 11.9 Å². The van der Waals surface area contributed by atoms with Crippen LogP contribution < -0.4 is 10.1 Å². The number of ether oxygens (including phenoxy) is 2. The molecule has 5 nitrogen and oxygen atoms in total. The van der Waals surface area contributed by atoms with Gasteiger partial charge in [-0.25, -0.2) is 4.98 Å². The van der Waals surface area contributed by atoms with E-state index in [9.17, 15) is 0 Å². The van der Waals surface area contributed by atoms with Gasteiger partial charge in [-0.05, 0) is 12.8 Å². The van der Waals surface area contributed by atoms with Crippen LogP contribution >= 0.6 is 0 Å². The fourth-order valence-corrected chi connectivity index (χ4v) is 1.97. The van der Waals surface area contributed by atoms with E-state index in [4.69, 9.17) is 9.47 Å². The molecule has 1 heterocycles. The quantitative estimate of drug-likeness (QED) is 0.599. The Hall–Kier alpha value is -1.36. The van der Waals surface area contributed by atoms with E-state index in [0.717, 1.165) is 31.0 Å². The zero-order valence-corrected chi connectivity index (χ0v) is 13.7. The predicted octanol–water partition coefficient (Wildman–Crippen LogP) is 3.45. The summed E-state index contributed by atoms with van der Waals surface area (Å²) in [5.74, 6) is 2.32. The molecule has 5 heteroatoms. The summed E-state index contributed by atoms with van der Waals surface area (Å²) in [6, 6.07) is 1.87. The minimum absolute atomic E-state index is 0.509. The van der Waals surface area contributed by atoms with Crippen LogP contribution in [0.3, 0.4) is 0 Å². The van der Waals surface area contributed by atoms with Crippen LogP contribution in [-0.2, 0) is 11.2 Å². The predicted molar refractivity (Wildman–Crippen MR) is 86.0 cm³/mol. The Kier molecular flexibility index (Phi) is 9.53. The van der Waals surface area contributed by atoms with Gasteiger partial charge in [-0.15, -0.1) is 0 Å². The largest absolute Gasteiger partial charge is 0.475 e. The molecule has 0 aliphatic heterocycles. The van der Waals surface area contributed by atoms with E-state index in [2.05, 4.69) is 29.1 Å². The highest BCUT2D eigenvalue weighted by Crippen LogP contribution is 2.15. The Bertz CT molecular complexity index is 386. The number of anilines is 1. The first-order chi connectivity index (χ1) is 10.3. The first kappa shape index (κ1) is 17.7. The molecule has 0 amide bonds. The summed E-state index contributed by atoms with van der Waals surface area (Å²) >= 11 is 0. The molecule has 0 radical (unpaired) electrons. The molecule has 0 saturated carbocycles.